The molecule has 0 aliphatic carbocycles. The number of benzene rings is 1. The first-order valence-corrected chi connectivity index (χ1v) is 9.38. The number of nitrogens with zero attached hydrogens (tertiary/aromatic N) is 2. The summed E-state index contributed by atoms with van der Waals surface area (Å²) in [6.45, 7) is 5.80. The maximum absolute atomic E-state index is 13.1. The number of ether oxygens (including phenoxy) is 1. The molecule has 7 nitrogen and oxygen atoms in total. The molecule has 0 bridgehead atoms. The average molecular weight is 371 g/mol. The first-order chi connectivity index (χ1) is 12.7. The minimum Gasteiger partial charge on any atom is -0.343 e. The van der Waals surface area contributed by atoms with Gasteiger partial charge in [0, 0.05) is 19.9 Å². The molecule has 4 rings (SSSR count). The van der Waals surface area contributed by atoms with Crippen LogP contribution in [0.25, 0.3) is 0 Å². The van der Waals surface area contributed by atoms with Crippen molar-refractivity contribution < 1.29 is 19.1 Å². The highest BCUT2D eigenvalue weighted by Crippen LogP contribution is 2.50. The number of carbonyl (C=O) groups is 3. The van der Waals surface area contributed by atoms with Crippen molar-refractivity contribution in [2.45, 2.75) is 57.0 Å². The number of hydrogen-bond donors (Lipinski definition) is 1. The minimum absolute atomic E-state index is 0.0215. The van der Waals surface area contributed by atoms with Crippen LogP contribution in [0.3, 0.4) is 0 Å². The van der Waals surface area contributed by atoms with E-state index in [-0.39, 0.29) is 36.3 Å². The summed E-state index contributed by atoms with van der Waals surface area (Å²) < 4.78 is 6.45. The van der Waals surface area contributed by atoms with Crippen LogP contribution in [0.4, 0.5) is 0 Å². The SMILES string of the molecule is CC(=O)NC(C)(C)C(=O)N1CC[C@@]23O[C@@H](c4ccccc4)CN2C(=O)C[C@@H]13. The zero-order valence-electron chi connectivity index (χ0n) is 15.9. The second kappa shape index (κ2) is 6.05. The van der Waals surface area contributed by atoms with Gasteiger partial charge in [-0.3, -0.25) is 14.4 Å². The molecule has 3 saturated heterocycles. The van der Waals surface area contributed by atoms with Gasteiger partial charge in [0.25, 0.3) is 0 Å². The van der Waals surface area contributed by atoms with Crippen molar-refractivity contribution in [2.75, 3.05) is 13.1 Å². The van der Waals surface area contributed by atoms with Crippen LogP contribution in [0.15, 0.2) is 30.3 Å². The molecule has 3 fully saturated rings. The third-order valence-corrected chi connectivity index (χ3v) is 5.88. The summed E-state index contributed by atoms with van der Waals surface area (Å²) in [6.07, 6.45) is 0.675. The second-order valence-corrected chi connectivity index (χ2v) is 8.14. The van der Waals surface area contributed by atoms with Crippen molar-refractivity contribution in [3.8, 4) is 0 Å². The van der Waals surface area contributed by atoms with E-state index in [1.165, 1.54) is 6.92 Å². The molecule has 3 aliphatic heterocycles. The van der Waals surface area contributed by atoms with Crippen LogP contribution in [0.5, 0.6) is 0 Å². The molecule has 1 aromatic rings. The average Bonchev–Trinajstić information content (AvgIpc) is 3.23. The zero-order chi connectivity index (χ0) is 19.4. The molecule has 3 heterocycles. The molecular formula is C20H25N3O4. The van der Waals surface area contributed by atoms with E-state index in [1.807, 2.05) is 35.2 Å². The Morgan fingerprint density at radius 2 is 1.96 bits per heavy atom. The standard InChI is InChI=1S/C20H25N3O4/c1-13(24)21-19(2,3)18(26)22-10-9-20-16(22)11-17(25)23(20)12-15(27-20)14-7-5-4-6-8-14/h4-8,15-16H,9-12H2,1-3H3,(H,21,24)/t15-,16-,20+/m1/s1. The molecule has 3 atom stereocenters. The van der Waals surface area contributed by atoms with Gasteiger partial charge in [0.15, 0.2) is 5.72 Å². The number of carbonyl (C=O) groups excluding carboxylic acids is 3. The summed E-state index contributed by atoms with van der Waals surface area (Å²) in [5.41, 5.74) is -0.735. The van der Waals surface area contributed by atoms with Crippen molar-refractivity contribution >= 4 is 17.7 Å². The lowest BCUT2D eigenvalue weighted by Crippen LogP contribution is -2.58. The number of likely N-dealkylation sites (tertiary alicyclic amines) is 1. The molecule has 144 valence electrons. The van der Waals surface area contributed by atoms with Crippen LogP contribution in [0, 0.1) is 0 Å². The molecule has 0 saturated carbocycles. The fourth-order valence-corrected chi connectivity index (χ4v) is 4.76. The lowest BCUT2D eigenvalue weighted by molar-refractivity contribution is -0.147. The lowest BCUT2D eigenvalue weighted by Gasteiger charge is -2.35. The fraction of sp³-hybridized carbons (Fsp3) is 0.550. The second-order valence-electron chi connectivity index (χ2n) is 8.14. The van der Waals surface area contributed by atoms with Gasteiger partial charge in [-0.05, 0) is 19.4 Å². The molecule has 0 unspecified atom stereocenters. The van der Waals surface area contributed by atoms with E-state index in [2.05, 4.69) is 5.32 Å². The van der Waals surface area contributed by atoms with Gasteiger partial charge in [-0.25, -0.2) is 0 Å². The van der Waals surface area contributed by atoms with Crippen LogP contribution >= 0.6 is 0 Å². The van der Waals surface area contributed by atoms with Gasteiger partial charge in [-0.2, -0.15) is 0 Å². The quantitative estimate of drug-likeness (QED) is 0.866. The van der Waals surface area contributed by atoms with Gasteiger partial charge in [-0.1, -0.05) is 30.3 Å². The van der Waals surface area contributed by atoms with E-state index in [0.29, 0.717) is 19.5 Å². The number of rotatable bonds is 3. The predicted molar refractivity (Wildman–Crippen MR) is 97.3 cm³/mol. The molecule has 1 aromatic carbocycles. The van der Waals surface area contributed by atoms with E-state index in [4.69, 9.17) is 4.74 Å². The highest BCUT2D eigenvalue weighted by molar-refractivity contribution is 5.92. The smallest absolute Gasteiger partial charge is 0.248 e. The highest BCUT2D eigenvalue weighted by Gasteiger charge is 2.65. The summed E-state index contributed by atoms with van der Waals surface area (Å²) >= 11 is 0. The summed E-state index contributed by atoms with van der Waals surface area (Å²) in [7, 11) is 0. The molecular weight excluding hydrogens is 346 g/mol. The largest absolute Gasteiger partial charge is 0.343 e. The van der Waals surface area contributed by atoms with E-state index >= 15 is 0 Å². The summed E-state index contributed by atoms with van der Waals surface area (Å²) in [4.78, 5) is 40.8. The Morgan fingerprint density at radius 3 is 2.63 bits per heavy atom. The normalized spacial score (nSPS) is 29.7. The molecule has 3 aliphatic rings. The molecule has 1 N–H and O–H groups in total. The Balaban J connectivity index is 1.60. The molecule has 27 heavy (non-hydrogen) atoms. The van der Waals surface area contributed by atoms with Crippen molar-refractivity contribution in [1.82, 2.24) is 15.1 Å². The Labute approximate surface area is 158 Å². The number of amides is 3. The molecule has 7 heteroatoms. The fourth-order valence-electron chi connectivity index (χ4n) is 4.76. The number of nitrogens with one attached hydrogen (secondary N) is 1. The lowest BCUT2D eigenvalue weighted by atomic mass is 10.0. The highest BCUT2D eigenvalue weighted by atomic mass is 16.5. The first kappa shape index (κ1) is 18.0. The Morgan fingerprint density at radius 1 is 1.26 bits per heavy atom. The maximum Gasteiger partial charge on any atom is 0.248 e. The van der Waals surface area contributed by atoms with Gasteiger partial charge in [0.1, 0.15) is 11.6 Å². The van der Waals surface area contributed by atoms with Crippen LogP contribution in [-0.4, -0.2) is 57.9 Å². The van der Waals surface area contributed by atoms with Gasteiger partial charge in [0.05, 0.1) is 19.0 Å². The first-order valence-electron chi connectivity index (χ1n) is 9.38. The Kier molecular flexibility index (Phi) is 4.03. The van der Waals surface area contributed by atoms with Crippen LogP contribution in [0.2, 0.25) is 0 Å². The van der Waals surface area contributed by atoms with E-state index in [0.717, 1.165) is 5.56 Å². The third kappa shape index (κ3) is 2.72. The van der Waals surface area contributed by atoms with Crippen LogP contribution in [-0.2, 0) is 19.1 Å². The summed E-state index contributed by atoms with van der Waals surface area (Å²) in [5, 5.41) is 2.71. The zero-order valence-corrected chi connectivity index (χ0v) is 15.9. The Bertz CT molecular complexity index is 794. The van der Waals surface area contributed by atoms with Crippen molar-refractivity contribution in [3.63, 3.8) is 0 Å². The summed E-state index contributed by atoms with van der Waals surface area (Å²) in [6, 6.07) is 9.55. The molecule has 0 aromatic heterocycles. The number of hydrogen-bond acceptors (Lipinski definition) is 4. The van der Waals surface area contributed by atoms with Gasteiger partial charge >= 0.3 is 0 Å². The van der Waals surface area contributed by atoms with E-state index < -0.39 is 11.3 Å². The van der Waals surface area contributed by atoms with Gasteiger partial charge < -0.3 is 19.9 Å². The van der Waals surface area contributed by atoms with Crippen molar-refractivity contribution in [3.05, 3.63) is 35.9 Å². The minimum atomic E-state index is -1.02. The predicted octanol–water partition coefficient (Wildman–Crippen LogP) is 1.20. The topological polar surface area (TPSA) is 79.0 Å². The molecule has 3 amide bonds. The van der Waals surface area contributed by atoms with Crippen LogP contribution in [0.1, 0.15) is 45.3 Å². The van der Waals surface area contributed by atoms with E-state index in [9.17, 15) is 14.4 Å². The monoisotopic (exact) mass is 371 g/mol. The van der Waals surface area contributed by atoms with Gasteiger partial charge in [-0.15, -0.1) is 0 Å². The molecule has 1 spiro atoms. The maximum atomic E-state index is 13.1. The van der Waals surface area contributed by atoms with Crippen LogP contribution < -0.4 is 5.32 Å². The van der Waals surface area contributed by atoms with Crippen molar-refractivity contribution in [1.29, 1.82) is 0 Å². The van der Waals surface area contributed by atoms with E-state index in [1.54, 1.807) is 18.7 Å². The molecule has 0 radical (unpaired) electrons. The Hall–Kier alpha value is -2.41. The van der Waals surface area contributed by atoms with Gasteiger partial charge in [0.2, 0.25) is 17.7 Å². The summed E-state index contributed by atoms with van der Waals surface area (Å²) in [5.74, 6) is -0.415. The van der Waals surface area contributed by atoms with Crippen molar-refractivity contribution in [2.24, 2.45) is 0 Å². The third-order valence-electron chi connectivity index (χ3n) is 5.88.